The number of rotatable bonds is 6. The topological polar surface area (TPSA) is 116 Å². The quantitative estimate of drug-likeness (QED) is 0.322. The lowest BCUT2D eigenvalue weighted by atomic mass is 9.85. The Morgan fingerprint density at radius 2 is 1.77 bits per heavy atom. The Labute approximate surface area is 250 Å². The largest absolute Gasteiger partial charge is 0.441 e. The fourth-order valence-corrected chi connectivity index (χ4v) is 5.85. The number of halogens is 4. The first-order valence-corrected chi connectivity index (χ1v) is 14.0. The monoisotopic (exact) mass is 617 g/mol. The van der Waals surface area contributed by atoms with E-state index in [1.165, 1.54) is 16.8 Å². The van der Waals surface area contributed by atoms with Crippen molar-refractivity contribution in [2.45, 2.75) is 57.9 Å². The predicted octanol–water partition coefficient (Wildman–Crippen LogP) is 4.50. The minimum Gasteiger partial charge on any atom is -0.441 e. The number of carbonyl (C=O) groups is 4. The van der Waals surface area contributed by atoms with Crippen LogP contribution in [0.5, 0.6) is 0 Å². The van der Waals surface area contributed by atoms with Gasteiger partial charge < -0.3 is 19.5 Å². The number of imide groups is 1. The number of carbonyl (C=O) groups excluding carboxylic acids is 4. The summed E-state index contributed by atoms with van der Waals surface area (Å²) in [4.78, 5) is 61.4. The Kier molecular flexibility index (Phi) is 7.89. The molecule has 1 aromatic heterocycles. The Hall–Kier alpha value is -4.49. The normalized spacial score (nSPS) is 17.7. The van der Waals surface area contributed by atoms with Crippen LogP contribution in [0.4, 0.5) is 22.4 Å². The second kappa shape index (κ2) is 11.2. The molecular weight excluding hydrogens is 586 g/mol. The zero-order valence-corrected chi connectivity index (χ0v) is 24.5. The number of oxazole rings is 1. The first-order valence-electron chi connectivity index (χ1n) is 14.0. The van der Waals surface area contributed by atoms with Crippen molar-refractivity contribution in [2.75, 3.05) is 20.1 Å². The third kappa shape index (κ3) is 5.48. The lowest BCUT2D eigenvalue weighted by molar-refractivity contribution is -0.142. The van der Waals surface area contributed by atoms with Crippen molar-refractivity contribution in [2.24, 2.45) is 5.92 Å². The molecule has 14 heteroatoms. The summed E-state index contributed by atoms with van der Waals surface area (Å²) in [5.74, 6) is -3.23. The lowest BCUT2D eigenvalue weighted by Gasteiger charge is -2.43. The number of fused-ring (bicyclic) bond motifs is 1. The smallest absolute Gasteiger partial charge is 0.416 e. The average Bonchev–Trinajstić information content (AvgIpc) is 3.42. The number of amides is 5. The van der Waals surface area contributed by atoms with Gasteiger partial charge in [-0.15, -0.1) is 0 Å². The van der Waals surface area contributed by atoms with Gasteiger partial charge in [-0.2, -0.15) is 13.2 Å². The highest BCUT2D eigenvalue weighted by molar-refractivity contribution is 6.07. The minimum absolute atomic E-state index is 0.0690. The number of nitrogens with one attached hydrogen (secondary N) is 1. The number of likely N-dealkylation sites (N-methyl/N-ethyl adjacent to an activating group) is 1. The molecule has 2 saturated heterocycles. The van der Waals surface area contributed by atoms with Gasteiger partial charge >= 0.3 is 12.2 Å². The molecule has 2 aliphatic heterocycles. The number of benzene rings is 2. The van der Waals surface area contributed by atoms with Crippen LogP contribution in [0.2, 0.25) is 0 Å². The van der Waals surface area contributed by atoms with E-state index in [1.54, 1.807) is 39.0 Å². The molecule has 5 rings (SSSR count). The summed E-state index contributed by atoms with van der Waals surface area (Å²) in [6, 6.07) is 5.18. The minimum atomic E-state index is -4.79. The van der Waals surface area contributed by atoms with Gasteiger partial charge in [-0.1, -0.05) is 19.9 Å². The summed E-state index contributed by atoms with van der Waals surface area (Å²) in [6.07, 6.45) is -4.54. The van der Waals surface area contributed by atoms with Crippen LogP contribution in [0.15, 0.2) is 40.8 Å². The van der Waals surface area contributed by atoms with Crippen LogP contribution in [-0.2, 0) is 22.3 Å². The Balaban J connectivity index is 1.32. The zero-order chi connectivity index (χ0) is 32.1. The van der Waals surface area contributed by atoms with E-state index < -0.39 is 58.5 Å². The standard InChI is InChI=1S/C30H31F4N5O5/c1-16(2)24(36-25(40)20-14-19(30(32,33)34)6-7-21(20)31)26(41)38-11-9-29(10-12-38)27(42)37(4)28(43)39(29)15-18-5-8-22-23(13-18)44-17(3)35-22/h5-8,13-14,16,24H,9-12,15H2,1-4H3,(H,36,40)/t24-/m1/s1. The van der Waals surface area contributed by atoms with Gasteiger partial charge in [0, 0.05) is 33.6 Å². The van der Waals surface area contributed by atoms with E-state index in [-0.39, 0.29) is 38.4 Å². The molecule has 0 unspecified atom stereocenters. The van der Waals surface area contributed by atoms with Crippen molar-refractivity contribution in [1.82, 2.24) is 25.0 Å². The highest BCUT2D eigenvalue weighted by Gasteiger charge is 2.57. The van der Waals surface area contributed by atoms with Crippen molar-refractivity contribution in [3.63, 3.8) is 0 Å². The van der Waals surface area contributed by atoms with Crippen LogP contribution < -0.4 is 5.32 Å². The molecule has 0 bridgehead atoms. The van der Waals surface area contributed by atoms with Crippen molar-refractivity contribution in [3.8, 4) is 0 Å². The maximum absolute atomic E-state index is 14.4. The van der Waals surface area contributed by atoms with Gasteiger partial charge in [-0.3, -0.25) is 19.3 Å². The third-order valence-corrected chi connectivity index (χ3v) is 8.30. The molecule has 2 aliphatic rings. The Morgan fingerprint density at radius 3 is 2.41 bits per heavy atom. The van der Waals surface area contributed by atoms with Gasteiger partial charge in [-0.05, 0) is 54.7 Å². The number of urea groups is 1. The molecule has 0 aliphatic carbocycles. The van der Waals surface area contributed by atoms with Crippen molar-refractivity contribution >= 4 is 34.9 Å². The first-order chi connectivity index (χ1) is 20.6. The molecule has 44 heavy (non-hydrogen) atoms. The summed E-state index contributed by atoms with van der Waals surface area (Å²) < 4.78 is 59.5. The van der Waals surface area contributed by atoms with Gasteiger partial charge in [0.15, 0.2) is 11.5 Å². The Bertz CT molecular complexity index is 1640. The highest BCUT2D eigenvalue weighted by atomic mass is 19.4. The van der Waals surface area contributed by atoms with Gasteiger partial charge in [0.05, 0.1) is 11.1 Å². The maximum Gasteiger partial charge on any atom is 0.416 e. The van der Waals surface area contributed by atoms with Gasteiger partial charge in [-0.25, -0.2) is 14.2 Å². The predicted molar refractivity (Wildman–Crippen MR) is 148 cm³/mol. The number of hydrogen-bond donors (Lipinski definition) is 1. The van der Waals surface area contributed by atoms with Gasteiger partial charge in [0.2, 0.25) is 5.91 Å². The molecule has 3 aromatic rings. The molecule has 1 atom stereocenters. The highest BCUT2D eigenvalue weighted by Crippen LogP contribution is 2.38. The van der Waals surface area contributed by atoms with Crippen LogP contribution in [-0.4, -0.2) is 75.2 Å². The fraction of sp³-hybridized carbons (Fsp3) is 0.433. The van der Waals surface area contributed by atoms with Gasteiger partial charge in [0.1, 0.15) is 22.9 Å². The SMILES string of the molecule is Cc1nc2ccc(CN3C(=O)N(C)C(=O)C34CCN(C(=O)[C@H](NC(=O)c3cc(C(F)(F)F)ccc3F)C(C)C)CC4)cc2o1. The van der Waals surface area contributed by atoms with Crippen LogP contribution in [0.1, 0.15) is 54.1 Å². The molecule has 5 amide bonds. The Morgan fingerprint density at radius 1 is 1.09 bits per heavy atom. The summed E-state index contributed by atoms with van der Waals surface area (Å²) in [5, 5.41) is 2.40. The van der Waals surface area contributed by atoms with Crippen LogP contribution in [0.25, 0.3) is 11.1 Å². The number of likely N-dealkylation sites (tertiary alicyclic amines) is 1. The van der Waals surface area contributed by atoms with Crippen LogP contribution in [0, 0.1) is 18.7 Å². The van der Waals surface area contributed by atoms with E-state index in [4.69, 9.17) is 4.42 Å². The molecule has 0 radical (unpaired) electrons. The molecule has 3 heterocycles. The fourth-order valence-electron chi connectivity index (χ4n) is 5.85. The zero-order valence-electron chi connectivity index (χ0n) is 24.5. The lowest BCUT2D eigenvalue weighted by Crippen LogP contribution is -2.60. The average molecular weight is 618 g/mol. The summed E-state index contributed by atoms with van der Waals surface area (Å²) in [7, 11) is 1.41. The van der Waals surface area contributed by atoms with Crippen molar-refractivity contribution < 1.29 is 41.2 Å². The first kappa shape index (κ1) is 31.0. The van der Waals surface area contributed by atoms with Gasteiger partial charge in [0.25, 0.3) is 11.8 Å². The summed E-state index contributed by atoms with van der Waals surface area (Å²) >= 11 is 0. The van der Waals surface area contributed by atoms with E-state index in [9.17, 15) is 36.7 Å². The molecule has 2 aromatic carbocycles. The summed E-state index contributed by atoms with van der Waals surface area (Å²) in [6.45, 7) is 5.25. The molecule has 0 saturated carbocycles. The van der Waals surface area contributed by atoms with E-state index in [0.717, 1.165) is 10.5 Å². The van der Waals surface area contributed by atoms with E-state index in [2.05, 4.69) is 10.3 Å². The molecular formula is C30H31F4N5O5. The number of hydrogen-bond acceptors (Lipinski definition) is 6. The van der Waals surface area contributed by atoms with Crippen molar-refractivity contribution in [3.05, 3.63) is 64.8 Å². The second-order valence-electron chi connectivity index (χ2n) is 11.5. The molecule has 10 nitrogen and oxygen atoms in total. The number of piperidine rings is 1. The van der Waals surface area contributed by atoms with Crippen LogP contribution in [0.3, 0.4) is 0 Å². The van der Waals surface area contributed by atoms with Crippen molar-refractivity contribution in [1.29, 1.82) is 0 Å². The molecule has 1 N–H and O–H groups in total. The molecule has 234 valence electrons. The van der Waals surface area contributed by atoms with E-state index in [1.807, 2.05) is 0 Å². The van der Waals surface area contributed by atoms with E-state index >= 15 is 0 Å². The number of nitrogens with zero attached hydrogens (tertiary/aromatic N) is 4. The number of aryl methyl sites for hydroxylation is 1. The van der Waals surface area contributed by atoms with Crippen LogP contribution >= 0.6 is 0 Å². The molecule has 1 spiro atoms. The molecule has 2 fully saturated rings. The number of aromatic nitrogens is 1. The second-order valence-corrected chi connectivity index (χ2v) is 11.5. The summed E-state index contributed by atoms with van der Waals surface area (Å²) in [5.41, 5.74) is -1.29. The third-order valence-electron chi connectivity index (χ3n) is 8.30. The maximum atomic E-state index is 14.4. The number of alkyl halides is 3. The van der Waals surface area contributed by atoms with E-state index in [0.29, 0.717) is 35.2 Å².